The van der Waals surface area contributed by atoms with E-state index in [0.717, 1.165) is 37.7 Å². The van der Waals surface area contributed by atoms with Gasteiger partial charge in [0, 0.05) is 31.0 Å². The Bertz CT molecular complexity index is 665. The molecule has 6 heteroatoms. The summed E-state index contributed by atoms with van der Waals surface area (Å²) in [5.74, 6) is 2.53. The van der Waals surface area contributed by atoms with Gasteiger partial charge in [-0.25, -0.2) is 9.67 Å². The van der Waals surface area contributed by atoms with Gasteiger partial charge < -0.3 is 4.74 Å². The minimum Gasteiger partial charge on any atom is -0.381 e. The maximum Gasteiger partial charge on any atom is 0.154 e. The van der Waals surface area contributed by atoms with E-state index in [2.05, 4.69) is 16.7 Å². The van der Waals surface area contributed by atoms with Gasteiger partial charge in [0.1, 0.15) is 12.4 Å². The molecule has 2 aliphatic rings. The Labute approximate surface area is 143 Å². The molecular formula is C18H27N5O. The van der Waals surface area contributed by atoms with Crippen molar-refractivity contribution in [2.45, 2.75) is 70.4 Å². The summed E-state index contributed by atoms with van der Waals surface area (Å²) in [5.41, 5.74) is 1.17. The molecule has 130 valence electrons. The lowest BCUT2D eigenvalue weighted by Crippen LogP contribution is -2.19. The van der Waals surface area contributed by atoms with Crippen LogP contribution in [0.3, 0.4) is 0 Å². The van der Waals surface area contributed by atoms with Gasteiger partial charge in [-0.1, -0.05) is 19.3 Å². The zero-order chi connectivity index (χ0) is 16.4. The van der Waals surface area contributed by atoms with Crippen molar-refractivity contribution in [1.29, 1.82) is 0 Å². The summed E-state index contributed by atoms with van der Waals surface area (Å²) >= 11 is 0. The Morgan fingerprint density at radius 1 is 1.12 bits per heavy atom. The van der Waals surface area contributed by atoms with E-state index in [9.17, 15) is 0 Å². The molecule has 0 atom stereocenters. The highest BCUT2D eigenvalue weighted by molar-refractivity contribution is 5.05. The molecule has 1 aliphatic heterocycles. The molecule has 1 saturated carbocycles. The summed E-state index contributed by atoms with van der Waals surface area (Å²) in [6.07, 6.45) is 10.3. The third-order valence-corrected chi connectivity index (χ3v) is 5.45. The van der Waals surface area contributed by atoms with Crippen LogP contribution in [-0.4, -0.2) is 37.8 Å². The molecular weight excluding hydrogens is 302 g/mol. The molecule has 2 fully saturated rings. The van der Waals surface area contributed by atoms with Gasteiger partial charge in [-0.2, -0.15) is 10.2 Å². The lowest BCUT2D eigenvalue weighted by molar-refractivity contribution is 0.0834. The molecule has 0 aromatic carbocycles. The summed E-state index contributed by atoms with van der Waals surface area (Å²) in [5, 5.41) is 9.41. The van der Waals surface area contributed by atoms with Crippen molar-refractivity contribution in [2.24, 2.45) is 0 Å². The third kappa shape index (κ3) is 3.24. The summed E-state index contributed by atoms with van der Waals surface area (Å²) in [7, 11) is 0. The zero-order valence-electron chi connectivity index (χ0n) is 14.5. The number of hydrogen-bond donors (Lipinski definition) is 0. The van der Waals surface area contributed by atoms with Crippen molar-refractivity contribution in [3.8, 4) is 0 Å². The summed E-state index contributed by atoms with van der Waals surface area (Å²) in [4.78, 5) is 4.96. The van der Waals surface area contributed by atoms with Crippen LogP contribution in [-0.2, 0) is 11.3 Å². The smallest absolute Gasteiger partial charge is 0.154 e. The molecule has 0 unspecified atom stereocenters. The van der Waals surface area contributed by atoms with E-state index in [1.807, 2.05) is 16.9 Å². The van der Waals surface area contributed by atoms with E-state index < -0.39 is 0 Å². The molecule has 0 bridgehead atoms. The number of hydrogen-bond acceptors (Lipinski definition) is 4. The van der Waals surface area contributed by atoms with Gasteiger partial charge in [0.2, 0.25) is 0 Å². The fourth-order valence-corrected chi connectivity index (χ4v) is 3.93. The average Bonchev–Trinajstić information content (AvgIpc) is 3.24. The first-order valence-corrected chi connectivity index (χ1v) is 9.33. The second-order valence-corrected chi connectivity index (χ2v) is 7.14. The largest absolute Gasteiger partial charge is 0.381 e. The van der Waals surface area contributed by atoms with Crippen LogP contribution in [0.1, 0.15) is 74.2 Å². The maximum atomic E-state index is 5.50. The van der Waals surface area contributed by atoms with Crippen LogP contribution in [0.25, 0.3) is 0 Å². The van der Waals surface area contributed by atoms with E-state index in [-0.39, 0.29) is 0 Å². The van der Waals surface area contributed by atoms with Gasteiger partial charge in [-0.15, -0.1) is 0 Å². The molecule has 1 aliphatic carbocycles. The molecule has 6 nitrogen and oxygen atoms in total. The standard InChI is InChI=1S/C18H27N5O/c1-14-7-10-19-22(14)13-17-20-18(15-8-11-24-12-9-15)21-23(17)16-5-3-2-4-6-16/h7,10,15-16H,2-6,8-9,11-13H2,1H3. The first-order chi connectivity index (χ1) is 11.8. The van der Waals surface area contributed by atoms with E-state index >= 15 is 0 Å². The first kappa shape index (κ1) is 15.8. The van der Waals surface area contributed by atoms with Crippen LogP contribution in [0.15, 0.2) is 12.3 Å². The van der Waals surface area contributed by atoms with E-state index in [4.69, 9.17) is 14.8 Å². The maximum absolute atomic E-state index is 5.50. The fraction of sp³-hybridized carbons (Fsp3) is 0.722. The second-order valence-electron chi connectivity index (χ2n) is 7.14. The van der Waals surface area contributed by atoms with E-state index in [1.54, 1.807) is 0 Å². The first-order valence-electron chi connectivity index (χ1n) is 9.33. The molecule has 0 N–H and O–H groups in total. The van der Waals surface area contributed by atoms with Gasteiger partial charge in [0.05, 0.1) is 6.04 Å². The third-order valence-electron chi connectivity index (χ3n) is 5.45. The molecule has 3 heterocycles. The van der Waals surface area contributed by atoms with Crippen molar-refractivity contribution in [3.63, 3.8) is 0 Å². The van der Waals surface area contributed by atoms with Crippen molar-refractivity contribution in [1.82, 2.24) is 24.5 Å². The molecule has 2 aromatic rings. The van der Waals surface area contributed by atoms with Gasteiger partial charge in [-0.3, -0.25) is 4.68 Å². The molecule has 0 radical (unpaired) electrons. The van der Waals surface area contributed by atoms with Gasteiger partial charge >= 0.3 is 0 Å². The summed E-state index contributed by atoms with van der Waals surface area (Å²) < 4.78 is 9.75. The van der Waals surface area contributed by atoms with Gasteiger partial charge in [0.25, 0.3) is 0 Å². The predicted octanol–water partition coefficient (Wildman–Crippen LogP) is 3.23. The van der Waals surface area contributed by atoms with Crippen molar-refractivity contribution in [2.75, 3.05) is 13.2 Å². The predicted molar refractivity (Wildman–Crippen MR) is 91.0 cm³/mol. The monoisotopic (exact) mass is 329 g/mol. The molecule has 2 aromatic heterocycles. The van der Waals surface area contributed by atoms with Gasteiger partial charge in [0.15, 0.2) is 5.82 Å². The molecule has 0 amide bonds. The summed E-state index contributed by atoms with van der Waals surface area (Å²) in [6, 6.07) is 2.55. The molecule has 0 spiro atoms. The SMILES string of the molecule is Cc1ccnn1Cc1nc(C2CCOCC2)nn1C1CCCCC1. The summed E-state index contributed by atoms with van der Waals surface area (Å²) in [6.45, 7) is 4.46. The number of nitrogens with zero attached hydrogens (tertiary/aromatic N) is 5. The van der Waals surface area contributed by atoms with Gasteiger partial charge in [-0.05, 0) is 38.7 Å². The Morgan fingerprint density at radius 3 is 2.62 bits per heavy atom. The number of aromatic nitrogens is 5. The van der Waals surface area contributed by atoms with E-state index in [0.29, 0.717) is 18.5 Å². The molecule has 4 rings (SSSR count). The fourth-order valence-electron chi connectivity index (χ4n) is 3.93. The highest BCUT2D eigenvalue weighted by Crippen LogP contribution is 2.31. The topological polar surface area (TPSA) is 57.8 Å². The van der Waals surface area contributed by atoms with Crippen molar-refractivity contribution >= 4 is 0 Å². The van der Waals surface area contributed by atoms with Crippen LogP contribution in [0.5, 0.6) is 0 Å². The average molecular weight is 329 g/mol. The molecule has 24 heavy (non-hydrogen) atoms. The lowest BCUT2D eigenvalue weighted by Gasteiger charge is -2.23. The number of ether oxygens (including phenoxy) is 1. The minimum absolute atomic E-state index is 0.445. The minimum atomic E-state index is 0.445. The van der Waals surface area contributed by atoms with Crippen molar-refractivity contribution < 1.29 is 4.74 Å². The van der Waals surface area contributed by atoms with Crippen LogP contribution in [0.4, 0.5) is 0 Å². The van der Waals surface area contributed by atoms with Crippen LogP contribution < -0.4 is 0 Å². The second kappa shape index (κ2) is 7.05. The highest BCUT2D eigenvalue weighted by atomic mass is 16.5. The van der Waals surface area contributed by atoms with Crippen LogP contribution in [0, 0.1) is 6.92 Å². The van der Waals surface area contributed by atoms with Crippen LogP contribution in [0.2, 0.25) is 0 Å². The molecule has 1 saturated heterocycles. The quantitative estimate of drug-likeness (QED) is 0.864. The Balaban J connectivity index is 1.63. The van der Waals surface area contributed by atoms with E-state index in [1.165, 1.54) is 37.8 Å². The Morgan fingerprint density at radius 2 is 1.92 bits per heavy atom. The number of aryl methyl sites for hydroxylation is 1. The highest BCUT2D eigenvalue weighted by Gasteiger charge is 2.26. The zero-order valence-corrected chi connectivity index (χ0v) is 14.5. The Kier molecular flexibility index (Phi) is 4.65. The Hall–Kier alpha value is -1.69. The lowest BCUT2D eigenvalue weighted by atomic mass is 9.95. The van der Waals surface area contributed by atoms with Crippen molar-refractivity contribution in [3.05, 3.63) is 29.6 Å². The number of rotatable bonds is 4. The van der Waals surface area contributed by atoms with Crippen LogP contribution >= 0.6 is 0 Å². The normalized spacial score (nSPS) is 20.5.